The van der Waals surface area contributed by atoms with Crippen LogP contribution in [0.4, 0.5) is 0 Å². The third kappa shape index (κ3) is 2.37. The van der Waals surface area contributed by atoms with E-state index in [1.54, 1.807) is 0 Å². The summed E-state index contributed by atoms with van der Waals surface area (Å²) < 4.78 is 5.08. The maximum Gasteiger partial charge on any atom is 0.308 e. The van der Waals surface area contributed by atoms with Gasteiger partial charge in [0, 0.05) is 0 Å². The van der Waals surface area contributed by atoms with E-state index >= 15 is 0 Å². The lowest BCUT2D eigenvalue weighted by Gasteiger charge is -2.49. The van der Waals surface area contributed by atoms with Crippen molar-refractivity contribution in [1.82, 2.24) is 0 Å². The highest BCUT2D eigenvalue weighted by Crippen LogP contribution is 2.52. The molecule has 1 saturated carbocycles. The van der Waals surface area contributed by atoms with Crippen LogP contribution in [0, 0.1) is 11.8 Å². The lowest BCUT2D eigenvalue weighted by molar-refractivity contribution is -0.150. The van der Waals surface area contributed by atoms with Crippen molar-refractivity contribution in [3.8, 4) is 0 Å². The largest absolute Gasteiger partial charge is 0.469 e. The Morgan fingerprint density at radius 3 is 2.77 bits per heavy atom. The molecule has 2 aliphatic rings. The first-order chi connectivity index (χ1) is 10.5. The predicted molar refractivity (Wildman–Crippen MR) is 89.1 cm³/mol. The second-order valence-corrected chi connectivity index (χ2v) is 7.66. The molecular formula is C20H28O2. The Hall–Kier alpha value is -1.31. The van der Waals surface area contributed by atoms with Crippen LogP contribution < -0.4 is 0 Å². The fourth-order valence-corrected chi connectivity index (χ4v) is 4.86. The van der Waals surface area contributed by atoms with Gasteiger partial charge in [-0.1, -0.05) is 45.4 Å². The van der Waals surface area contributed by atoms with E-state index in [9.17, 15) is 4.79 Å². The first-order valence-corrected chi connectivity index (χ1v) is 8.68. The minimum absolute atomic E-state index is 0.00169. The SMILES string of the molecule is COC(=O)C1CCCC2(C)c3ccc(C(C)C)cc3CCC12. The molecule has 0 N–H and O–H groups in total. The summed E-state index contributed by atoms with van der Waals surface area (Å²) in [6.07, 6.45) is 5.53. The monoisotopic (exact) mass is 300 g/mol. The minimum atomic E-state index is -0.00169. The molecule has 22 heavy (non-hydrogen) atoms. The fourth-order valence-electron chi connectivity index (χ4n) is 4.86. The van der Waals surface area contributed by atoms with Crippen molar-refractivity contribution in [2.24, 2.45) is 11.8 Å². The molecule has 3 atom stereocenters. The van der Waals surface area contributed by atoms with Gasteiger partial charge in [-0.25, -0.2) is 0 Å². The standard InChI is InChI=1S/C20H28O2/c1-13(2)14-7-9-17-15(12-14)8-10-18-16(19(21)22-4)6-5-11-20(17,18)3/h7,9,12-13,16,18H,5-6,8,10-11H2,1-4H3. The Kier molecular flexibility index (Phi) is 4.05. The molecular weight excluding hydrogens is 272 g/mol. The lowest BCUT2D eigenvalue weighted by atomic mass is 9.54. The second kappa shape index (κ2) is 5.72. The van der Waals surface area contributed by atoms with E-state index < -0.39 is 0 Å². The summed E-state index contributed by atoms with van der Waals surface area (Å²) in [6, 6.07) is 7.04. The summed E-state index contributed by atoms with van der Waals surface area (Å²) >= 11 is 0. The van der Waals surface area contributed by atoms with Crippen LogP contribution in [0.5, 0.6) is 0 Å². The first kappa shape index (κ1) is 15.6. The number of aryl methyl sites for hydroxylation is 1. The van der Waals surface area contributed by atoms with E-state index in [1.165, 1.54) is 30.2 Å². The van der Waals surface area contributed by atoms with Crippen LogP contribution in [-0.2, 0) is 21.4 Å². The van der Waals surface area contributed by atoms with Gasteiger partial charge in [0.1, 0.15) is 0 Å². The van der Waals surface area contributed by atoms with Crippen LogP contribution in [-0.4, -0.2) is 13.1 Å². The Morgan fingerprint density at radius 1 is 1.32 bits per heavy atom. The maximum absolute atomic E-state index is 12.2. The van der Waals surface area contributed by atoms with Crippen LogP contribution in [0.15, 0.2) is 18.2 Å². The highest BCUT2D eigenvalue weighted by Gasteiger charge is 2.48. The van der Waals surface area contributed by atoms with Crippen molar-refractivity contribution in [3.05, 3.63) is 34.9 Å². The Morgan fingerprint density at radius 2 is 2.09 bits per heavy atom. The Bertz CT molecular complexity index is 575. The second-order valence-electron chi connectivity index (χ2n) is 7.66. The molecule has 3 unspecified atom stereocenters. The third-order valence-corrected chi connectivity index (χ3v) is 6.16. The number of methoxy groups -OCH3 is 1. The number of hydrogen-bond acceptors (Lipinski definition) is 2. The number of hydrogen-bond donors (Lipinski definition) is 0. The molecule has 0 bridgehead atoms. The van der Waals surface area contributed by atoms with Gasteiger partial charge in [0.15, 0.2) is 0 Å². The average molecular weight is 300 g/mol. The van der Waals surface area contributed by atoms with Crippen molar-refractivity contribution in [1.29, 1.82) is 0 Å². The van der Waals surface area contributed by atoms with Crippen LogP contribution in [0.2, 0.25) is 0 Å². The maximum atomic E-state index is 12.2. The molecule has 0 aromatic heterocycles. The van der Waals surface area contributed by atoms with Gasteiger partial charge in [0.2, 0.25) is 0 Å². The molecule has 1 fully saturated rings. The summed E-state index contributed by atoms with van der Waals surface area (Å²) in [5.74, 6) is 1.09. The number of rotatable bonds is 2. The third-order valence-electron chi connectivity index (χ3n) is 6.16. The van der Waals surface area contributed by atoms with Gasteiger partial charge in [-0.3, -0.25) is 4.79 Å². The average Bonchev–Trinajstić information content (AvgIpc) is 2.52. The van der Waals surface area contributed by atoms with Crippen molar-refractivity contribution < 1.29 is 9.53 Å². The van der Waals surface area contributed by atoms with Crippen LogP contribution in [0.3, 0.4) is 0 Å². The smallest absolute Gasteiger partial charge is 0.308 e. The van der Waals surface area contributed by atoms with E-state index in [0.29, 0.717) is 11.8 Å². The van der Waals surface area contributed by atoms with Gasteiger partial charge in [-0.05, 0) is 59.6 Å². The zero-order chi connectivity index (χ0) is 15.9. The van der Waals surface area contributed by atoms with E-state index in [0.717, 1.165) is 25.7 Å². The van der Waals surface area contributed by atoms with Gasteiger partial charge in [-0.2, -0.15) is 0 Å². The molecule has 0 heterocycles. The topological polar surface area (TPSA) is 26.3 Å². The van der Waals surface area contributed by atoms with Crippen LogP contribution >= 0.6 is 0 Å². The fraction of sp³-hybridized carbons (Fsp3) is 0.650. The molecule has 1 aromatic carbocycles. The molecule has 0 aliphatic heterocycles. The number of esters is 1. The number of fused-ring (bicyclic) bond motifs is 3. The zero-order valence-corrected chi connectivity index (χ0v) is 14.3. The molecule has 0 saturated heterocycles. The zero-order valence-electron chi connectivity index (χ0n) is 14.3. The van der Waals surface area contributed by atoms with Crippen molar-refractivity contribution in [2.75, 3.05) is 7.11 Å². The number of carbonyl (C=O) groups excluding carboxylic acids is 1. The van der Waals surface area contributed by atoms with Crippen LogP contribution in [0.1, 0.15) is 69.1 Å². The van der Waals surface area contributed by atoms with Gasteiger partial charge >= 0.3 is 5.97 Å². The molecule has 0 amide bonds. The molecule has 0 spiro atoms. The molecule has 0 radical (unpaired) electrons. The number of benzene rings is 1. The summed E-state index contributed by atoms with van der Waals surface area (Å²) in [5, 5.41) is 0. The van der Waals surface area contributed by atoms with Gasteiger partial charge in [-0.15, -0.1) is 0 Å². The highest BCUT2D eigenvalue weighted by atomic mass is 16.5. The van der Waals surface area contributed by atoms with Crippen molar-refractivity contribution in [2.45, 2.75) is 64.2 Å². The molecule has 120 valence electrons. The van der Waals surface area contributed by atoms with E-state index in [4.69, 9.17) is 4.74 Å². The quantitative estimate of drug-likeness (QED) is 0.746. The van der Waals surface area contributed by atoms with Crippen LogP contribution in [0.25, 0.3) is 0 Å². The molecule has 2 nitrogen and oxygen atoms in total. The summed E-state index contributed by atoms with van der Waals surface area (Å²) in [6.45, 7) is 6.88. The molecule has 2 heteroatoms. The van der Waals surface area contributed by atoms with Crippen molar-refractivity contribution >= 4 is 5.97 Å². The predicted octanol–water partition coefficient (Wildman–Crippen LogP) is 4.60. The lowest BCUT2D eigenvalue weighted by Crippen LogP contribution is -2.46. The first-order valence-electron chi connectivity index (χ1n) is 8.68. The van der Waals surface area contributed by atoms with Gasteiger partial charge < -0.3 is 4.74 Å². The minimum Gasteiger partial charge on any atom is -0.469 e. The Balaban J connectivity index is 2.00. The summed E-state index contributed by atoms with van der Waals surface area (Å²) in [5.41, 5.74) is 4.57. The normalized spacial score (nSPS) is 30.6. The van der Waals surface area contributed by atoms with Crippen molar-refractivity contribution in [3.63, 3.8) is 0 Å². The van der Waals surface area contributed by atoms with E-state index in [1.807, 2.05) is 0 Å². The number of ether oxygens (including phenoxy) is 1. The highest BCUT2D eigenvalue weighted by molar-refractivity contribution is 5.73. The molecule has 1 aromatic rings. The molecule has 2 aliphatic carbocycles. The van der Waals surface area contributed by atoms with Gasteiger partial charge in [0.25, 0.3) is 0 Å². The molecule has 3 rings (SSSR count). The number of carbonyl (C=O) groups is 1. The van der Waals surface area contributed by atoms with E-state index in [-0.39, 0.29) is 17.3 Å². The van der Waals surface area contributed by atoms with Gasteiger partial charge in [0.05, 0.1) is 13.0 Å². The Labute approximate surface area is 134 Å². The summed E-state index contributed by atoms with van der Waals surface area (Å²) in [4.78, 5) is 12.2. The van der Waals surface area contributed by atoms with E-state index in [2.05, 4.69) is 39.0 Å². The summed E-state index contributed by atoms with van der Waals surface area (Å²) in [7, 11) is 1.53.